The number of aliphatic hydroxyl groups is 3. The van der Waals surface area contributed by atoms with Crippen LogP contribution in [0.15, 0.2) is 48.6 Å². The number of piperidine rings is 1. The molecular formula is C61H82N10O18S2. The Morgan fingerprint density at radius 1 is 0.846 bits per heavy atom. The maximum atomic E-state index is 15.5. The number of ether oxygens (including phenoxy) is 3. The molecule has 3 aromatic rings. The summed E-state index contributed by atoms with van der Waals surface area (Å²) in [5, 5.41) is 76.7. The van der Waals surface area contributed by atoms with Gasteiger partial charge in [-0.05, 0) is 81.3 Å². The molecule has 9 rings (SSSR count). The van der Waals surface area contributed by atoms with Gasteiger partial charge in [-0.15, -0.1) is 0 Å². The van der Waals surface area contributed by atoms with E-state index < -0.39 is 137 Å². The van der Waals surface area contributed by atoms with Gasteiger partial charge in [0.2, 0.25) is 17.7 Å². The Labute approximate surface area is 533 Å². The summed E-state index contributed by atoms with van der Waals surface area (Å²) in [4.78, 5) is 127. The Morgan fingerprint density at radius 3 is 2.23 bits per heavy atom. The van der Waals surface area contributed by atoms with Gasteiger partial charge in [-0.25, -0.2) is 15.0 Å². The molecule has 5 amide bonds. The maximum absolute atomic E-state index is 15.5. The molecular weight excluding hydrogens is 1220 g/mol. The number of benzene rings is 2. The van der Waals surface area contributed by atoms with Crippen molar-refractivity contribution in [2.24, 2.45) is 11.3 Å². The third-order valence-corrected chi connectivity index (χ3v) is 21.9. The minimum absolute atomic E-state index is 0.123. The number of rotatable bonds is 25. The molecule has 30 heteroatoms. The van der Waals surface area contributed by atoms with Gasteiger partial charge in [0, 0.05) is 108 Å². The topological polar surface area (TPSA) is 400 Å². The number of aliphatic hydroxyl groups excluding tert-OH is 1. The van der Waals surface area contributed by atoms with Gasteiger partial charge < -0.3 is 76.0 Å². The standard InChI is InChI=1S/C61H82N10O18S2/c1-7-57(85)28-33-29-60(55(83)88-6,47-35(14-19-70(31-33)32-57)34-12-9-10-13-38(34)64-47)37-24-36-42(27-43(37)87-5)69(4)52-59(36)17-20-71-18-11-16-58(8-2,51(59)71)53(81)61(52,86)54(82)67-68-56(84)89-21-23-91-90-22-15-44(72)63-30-41(50(79)80)66-49(78)40(26-46(75)76)65-48(77)39(62-3)25-45(73)74/h9-13,16,24,27,33,39-41,51-53,62,64,81,85-86H,7-8,14-15,17-23,25-26,28-32H2,1-6H3,(H,63,72)(H,65,77)(H,66,78)(H,67,82)(H,68,84)(H,73,74)(H,75,76)(H,79,80)/t33?,39-,40-,41?,51-,52+,53+,57-,58+,59+,60-,61-/m0/s1. The van der Waals surface area contributed by atoms with Crippen LogP contribution in [0.5, 0.6) is 5.75 Å². The smallest absolute Gasteiger partial charge is 0.426 e. The number of hydrogen-bond acceptors (Lipinski definition) is 21. The molecule has 6 aliphatic rings. The van der Waals surface area contributed by atoms with Crippen LogP contribution < -0.4 is 41.8 Å². The number of amides is 5. The first-order valence-corrected chi connectivity index (χ1v) is 32.9. The highest BCUT2D eigenvalue weighted by molar-refractivity contribution is 8.76. The molecule has 13 N–H and O–H groups in total. The number of hydrazine groups is 1. The second kappa shape index (κ2) is 27.6. The van der Waals surface area contributed by atoms with Crippen molar-refractivity contribution in [2.75, 3.05) is 90.6 Å². The van der Waals surface area contributed by atoms with E-state index in [2.05, 4.69) is 46.9 Å². The van der Waals surface area contributed by atoms with E-state index in [4.69, 9.17) is 19.3 Å². The fraction of sp³-hybridized carbons (Fsp3) is 0.590. The second-order valence-electron chi connectivity index (χ2n) is 24.5. The van der Waals surface area contributed by atoms with Crippen molar-refractivity contribution in [1.29, 1.82) is 0 Å². The summed E-state index contributed by atoms with van der Waals surface area (Å²) in [6, 6.07) is 5.28. The van der Waals surface area contributed by atoms with Crippen LogP contribution >= 0.6 is 21.6 Å². The van der Waals surface area contributed by atoms with Crippen LogP contribution in [0.25, 0.3) is 10.9 Å². The number of para-hydroxylation sites is 1. The second-order valence-corrected chi connectivity index (χ2v) is 27.2. The van der Waals surface area contributed by atoms with Crippen LogP contribution in [0.3, 0.4) is 0 Å². The van der Waals surface area contributed by atoms with Gasteiger partial charge in [-0.3, -0.25) is 48.8 Å². The Morgan fingerprint density at radius 2 is 1.55 bits per heavy atom. The lowest BCUT2D eigenvalue weighted by molar-refractivity contribution is -0.204. The van der Waals surface area contributed by atoms with Crippen molar-refractivity contribution in [3.63, 3.8) is 0 Å². The van der Waals surface area contributed by atoms with Gasteiger partial charge in [-0.1, -0.05) is 65.8 Å². The number of H-pyrrole nitrogens is 1. The molecule has 2 saturated heterocycles. The van der Waals surface area contributed by atoms with E-state index >= 15 is 9.59 Å². The number of esters is 1. The van der Waals surface area contributed by atoms with Gasteiger partial charge in [0.05, 0.1) is 44.7 Å². The number of aromatic amines is 1. The zero-order valence-corrected chi connectivity index (χ0v) is 53.3. The van der Waals surface area contributed by atoms with E-state index in [9.17, 15) is 59.1 Å². The van der Waals surface area contributed by atoms with Crippen LogP contribution in [0, 0.1) is 11.3 Å². The van der Waals surface area contributed by atoms with Crippen LogP contribution in [0.4, 0.5) is 10.5 Å². The van der Waals surface area contributed by atoms with Crippen molar-refractivity contribution in [1.82, 2.24) is 46.9 Å². The number of carbonyl (C=O) groups excluding carboxylic acids is 6. The van der Waals surface area contributed by atoms with Gasteiger partial charge in [0.1, 0.15) is 36.0 Å². The third-order valence-electron chi connectivity index (χ3n) is 19.6. The SMILES string of the molecule is CC[C@]1(O)CC2CN(CCc3c([nH]c4ccccc34)[C@@](C(=O)OC)(c3cc4c(cc3OC)N(C)[C@H]3[C@@](O)(C(=O)NNC(=O)OCCSSCCC(=O)NCC(NC(=O)[C@H](CC(=O)O)NC(=O)[C@H](CC(=O)O)NC)C(=O)O)[C@H](O)[C@]5(CC)C=CCN6CC[C@]43[C@@H]65)C2)C1. The summed E-state index contributed by atoms with van der Waals surface area (Å²) in [7, 11) is 8.37. The first kappa shape index (κ1) is 68.2. The molecule has 3 unspecified atom stereocenters. The van der Waals surface area contributed by atoms with Gasteiger partial charge in [0.25, 0.3) is 5.91 Å². The molecule has 91 heavy (non-hydrogen) atoms. The van der Waals surface area contributed by atoms with E-state index in [0.29, 0.717) is 87.5 Å². The van der Waals surface area contributed by atoms with Crippen LogP contribution in [-0.4, -0.2) is 232 Å². The van der Waals surface area contributed by atoms with Crippen LogP contribution in [-0.2, 0) is 65.1 Å². The molecule has 3 fully saturated rings. The lowest BCUT2D eigenvalue weighted by Gasteiger charge is -2.63. The quantitative estimate of drug-likeness (QED) is 0.0180. The number of hydrogen-bond donors (Lipinski definition) is 13. The summed E-state index contributed by atoms with van der Waals surface area (Å²) in [6.45, 7) is 5.90. The highest BCUT2D eigenvalue weighted by Crippen LogP contribution is 2.67. The maximum Gasteiger partial charge on any atom is 0.426 e. The molecule has 1 saturated carbocycles. The number of carboxylic acid groups (broad SMARTS) is 3. The summed E-state index contributed by atoms with van der Waals surface area (Å²) in [6.07, 6.45) is 1.71. The number of nitrogens with one attached hydrogen (secondary N) is 7. The Hall–Kier alpha value is -7.19. The Bertz CT molecular complexity index is 3360. The number of carbonyl (C=O) groups is 9. The monoisotopic (exact) mass is 1310 g/mol. The first-order chi connectivity index (χ1) is 43.3. The molecule has 496 valence electrons. The molecule has 2 aromatic carbocycles. The number of aromatic nitrogens is 1. The van der Waals surface area contributed by atoms with E-state index in [1.165, 1.54) is 42.9 Å². The number of anilines is 1. The normalized spacial score (nSPS) is 28.8. The summed E-state index contributed by atoms with van der Waals surface area (Å²) >= 11 is 0. The highest BCUT2D eigenvalue weighted by atomic mass is 33.1. The first-order valence-electron chi connectivity index (χ1n) is 30.4. The predicted molar refractivity (Wildman–Crippen MR) is 333 cm³/mol. The highest BCUT2D eigenvalue weighted by Gasteiger charge is 2.79. The minimum Gasteiger partial charge on any atom is -0.496 e. The zero-order valence-electron chi connectivity index (χ0n) is 51.6. The molecule has 2 bridgehead atoms. The average molecular weight is 1310 g/mol. The number of fused-ring (bicyclic) bond motifs is 6. The van der Waals surface area contributed by atoms with E-state index in [1.54, 1.807) is 11.9 Å². The number of nitrogens with zero attached hydrogens (tertiary/aromatic N) is 3. The number of aliphatic carboxylic acids is 3. The Balaban J connectivity index is 0.886. The molecule has 1 spiro atoms. The average Bonchev–Trinajstić information content (AvgIpc) is 1.51. The molecule has 1 aliphatic carbocycles. The fourth-order valence-corrected chi connectivity index (χ4v) is 17.4. The lowest BCUT2D eigenvalue weighted by atomic mass is 9.47. The van der Waals surface area contributed by atoms with Crippen LogP contribution in [0.2, 0.25) is 0 Å². The predicted octanol–water partition coefficient (Wildman–Crippen LogP) is 0.484. The fourth-order valence-electron chi connectivity index (χ4n) is 15.6. The number of carboxylic acids is 3. The summed E-state index contributed by atoms with van der Waals surface area (Å²) in [5.41, 5.74) is 1.39. The summed E-state index contributed by atoms with van der Waals surface area (Å²) < 4.78 is 17.7. The van der Waals surface area contributed by atoms with Gasteiger partial charge in [-0.2, -0.15) is 0 Å². The van der Waals surface area contributed by atoms with Crippen LogP contribution in [0.1, 0.15) is 87.6 Å². The van der Waals surface area contributed by atoms with Crippen molar-refractivity contribution in [2.45, 2.75) is 130 Å². The summed E-state index contributed by atoms with van der Waals surface area (Å²) in [5.74, 6) is -8.37. The zero-order chi connectivity index (χ0) is 66.0. The van der Waals surface area contributed by atoms with E-state index in [-0.39, 0.29) is 36.9 Å². The molecule has 28 nitrogen and oxygen atoms in total. The molecule has 6 heterocycles. The van der Waals surface area contributed by atoms with Crippen molar-refractivity contribution in [3.05, 3.63) is 70.9 Å². The van der Waals surface area contributed by atoms with Crippen molar-refractivity contribution in [3.8, 4) is 5.75 Å². The van der Waals surface area contributed by atoms with Crippen molar-refractivity contribution >= 4 is 91.8 Å². The number of likely N-dealkylation sites (N-methyl/N-ethyl adjacent to an activating group) is 2. The largest absolute Gasteiger partial charge is 0.496 e. The van der Waals surface area contributed by atoms with E-state index in [1.807, 2.05) is 62.4 Å². The van der Waals surface area contributed by atoms with Gasteiger partial charge in [0.15, 0.2) is 5.60 Å². The lowest BCUT2D eigenvalue weighted by Crippen LogP contribution is -2.82. The molecule has 13 atom stereocenters. The number of methoxy groups -OCH3 is 2. The molecule has 0 radical (unpaired) electrons. The Kier molecular flexibility index (Phi) is 20.7. The van der Waals surface area contributed by atoms with Crippen molar-refractivity contribution < 1.29 is 88.0 Å². The minimum atomic E-state index is -2.63. The molecule has 1 aromatic heterocycles. The van der Waals surface area contributed by atoms with Gasteiger partial charge >= 0.3 is 30.0 Å². The third kappa shape index (κ3) is 12.6. The van der Waals surface area contributed by atoms with E-state index in [0.717, 1.165) is 22.0 Å². The molecule has 5 aliphatic heterocycles.